The number of piperidine rings is 2. The minimum Gasteiger partial charge on any atom is -0.352 e. The molecule has 0 unspecified atom stereocenters. The van der Waals surface area contributed by atoms with E-state index in [1.54, 1.807) is 11.1 Å². The third-order valence-electron chi connectivity index (χ3n) is 5.42. The van der Waals surface area contributed by atoms with Gasteiger partial charge in [-0.1, -0.05) is 6.07 Å². The van der Waals surface area contributed by atoms with Gasteiger partial charge in [-0.05, 0) is 36.8 Å². The Morgan fingerprint density at radius 3 is 2.65 bits per heavy atom. The molecule has 3 N–H and O–H groups in total. The molecule has 0 aliphatic carbocycles. The van der Waals surface area contributed by atoms with Crippen molar-refractivity contribution in [2.75, 3.05) is 26.2 Å². The van der Waals surface area contributed by atoms with Crippen LogP contribution in [0.2, 0.25) is 0 Å². The summed E-state index contributed by atoms with van der Waals surface area (Å²) in [4.78, 5) is 43.2. The summed E-state index contributed by atoms with van der Waals surface area (Å²) in [6.45, 7) is 2.47. The molecule has 0 radical (unpaired) electrons. The zero-order valence-electron chi connectivity index (χ0n) is 14.8. The number of likely N-dealkylation sites (tertiary alicyclic amines) is 2. The molecule has 2 aliphatic rings. The Morgan fingerprint density at radius 2 is 2.00 bits per heavy atom. The topological polar surface area (TPSA) is 109 Å². The van der Waals surface area contributed by atoms with Crippen molar-refractivity contribution >= 4 is 17.8 Å². The summed E-state index contributed by atoms with van der Waals surface area (Å²) in [5.74, 6) is 0.0568. The highest BCUT2D eigenvalue weighted by Gasteiger charge is 2.41. The second kappa shape index (κ2) is 7.72. The van der Waals surface area contributed by atoms with Gasteiger partial charge >= 0.3 is 6.03 Å². The summed E-state index contributed by atoms with van der Waals surface area (Å²) in [5, 5.41) is 2.34. The lowest BCUT2D eigenvalue weighted by atomic mass is 9.72. The zero-order chi connectivity index (χ0) is 18.6. The minimum absolute atomic E-state index is 0.0629. The van der Waals surface area contributed by atoms with Crippen LogP contribution in [0.15, 0.2) is 24.4 Å². The van der Waals surface area contributed by atoms with Gasteiger partial charge in [0, 0.05) is 32.3 Å². The average molecular weight is 359 g/mol. The van der Waals surface area contributed by atoms with Crippen LogP contribution >= 0.6 is 0 Å². The second-order valence-corrected chi connectivity index (χ2v) is 7.17. The first-order valence-electron chi connectivity index (χ1n) is 8.96. The highest BCUT2D eigenvalue weighted by atomic mass is 16.2. The molecule has 0 saturated carbocycles. The van der Waals surface area contributed by atoms with Crippen molar-refractivity contribution in [1.29, 1.82) is 0 Å². The Bertz CT molecular complexity index is 671. The maximum atomic E-state index is 12.3. The maximum absolute atomic E-state index is 12.3. The Kier molecular flexibility index (Phi) is 5.39. The number of nitrogens with two attached hydrogens (primary N) is 1. The summed E-state index contributed by atoms with van der Waals surface area (Å²) < 4.78 is 0. The molecular weight excluding hydrogens is 334 g/mol. The summed E-state index contributed by atoms with van der Waals surface area (Å²) >= 11 is 0. The fraction of sp³-hybridized carbons (Fsp3) is 0.556. The number of carbonyl (C=O) groups is 3. The normalized spacial score (nSPS) is 19.5. The molecule has 0 atom stereocenters. The van der Waals surface area contributed by atoms with E-state index in [9.17, 15) is 14.4 Å². The molecular formula is C18H25N5O3. The van der Waals surface area contributed by atoms with E-state index in [2.05, 4.69) is 10.3 Å². The lowest BCUT2D eigenvalue weighted by molar-refractivity contribution is -0.142. The molecule has 0 aromatic carbocycles. The Hall–Kier alpha value is -2.64. The smallest absolute Gasteiger partial charge is 0.312 e. The van der Waals surface area contributed by atoms with Crippen molar-refractivity contribution in [1.82, 2.24) is 20.1 Å². The number of rotatable bonds is 4. The third kappa shape index (κ3) is 4.30. The molecule has 1 aromatic rings. The van der Waals surface area contributed by atoms with Crippen LogP contribution in [-0.4, -0.2) is 58.8 Å². The van der Waals surface area contributed by atoms with E-state index in [4.69, 9.17) is 5.73 Å². The van der Waals surface area contributed by atoms with Crippen molar-refractivity contribution in [2.45, 2.75) is 32.2 Å². The van der Waals surface area contributed by atoms with Crippen LogP contribution in [0.1, 0.15) is 31.4 Å². The summed E-state index contributed by atoms with van der Waals surface area (Å²) in [7, 11) is 0. The summed E-state index contributed by atoms with van der Waals surface area (Å²) in [6, 6.07) is 5.03. The van der Waals surface area contributed by atoms with Crippen molar-refractivity contribution < 1.29 is 14.4 Å². The van der Waals surface area contributed by atoms with Crippen LogP contribution in [0.5, 0.6) is 0 Å². The van der Waals surface area contributed by atoms with Crippen molar-refractivity contribution in [3.8, 4) is 0 Å². The highest BCUT2D eigenvalue weighted by molar-refractivity contribution is 5.83. The fourth-order valence-electron chi connectivity index (χ4n) is 3.85. The van der Waals surface area contributed by atoms with E-state index in [1.807, 2.05) is 23.1 Å². The number of hydrogen-bond acceptors (Lipinski definition) is 4. The molecule has 2 aliphatic heterocycles. The summed E-state index contributed by atoms with van der Waals surface area (Å²) in [6.07, 6.45) is 4.88. The first-order chi connectivity index (χ1) is 12.5. The fourth-order valence-corrected chi connectivity index (χ4v) is 3.85. The molecule has 3 rings (SSSR count). The number of urea groups is 1. The van der Waals surface area contributed by atoms with Crippen LogP contribution in [-0.2, 0) is 16.1 Å². The lowest BCUT2D eigenvalue weighted by Crippen LogP contribution is -2.53. The molecule has 2 fully saturated rings. The van der Waals surface area contributed by atoms with Gasteiger partial charge in [-0.3, -0.25) is 14.6 Å². The number of amides is 4. The standard InChI is InChI=1S/C18H25N5O3/c19-17(26)21-11-16(25)22-9-6-18(7-10-22)5-4-15(24)23(13-18)12-14-3-1-2-8-20-14/h1-3,8H,4-7,9-13H2,(H3,19,21,26). The van der Waals surface area contributed by atoms with Crippen LogP contribution in [0, 0.1) is 5.41 Å². The van der Waals surface area contributed by atoms with Crippen LogP contribution in [0.25, 0.3) is 0 Å². The quantitative estimate of drug-likeness (QED) is 0.815. The molecule has 140 valence electrons. The van der Waals surface area contributed by atoms with E-state index in [1.165, 1.54) is 0 Å². The largest absolute Gasteiger partial charge is 0.352 e. The SMILES string of the molecule is NC(=O)NCC(=O)N1CCC2(CCC(=O)N(Cc3ccccn3)C2)CC1. The Balaban J connectivity index is 1.57. The van der Waals surface area contributed by atoms with Crippen LogP contribution in [0.4, 0.5) is 4.79 Å². The second-order valence-electron chi connectivity index (χ2n) is 7.17. The van der Waals surface area contributed by atoms with Crippen molar-refractivity contribution in [3.63, 3.8) is 0 Å². The third-order valence-corrected chi connectivity index (χ3v) is 5.42. The molecule has 4 amide bonds. The van der Waals surface area contributed by atoms with Gasteiger partial charge in [0.2, 0.25) is 11.8 Å². The van der Waals surface area contributed by atoms with E-state index >= 15 is 0 Å². The number of primary amides is 1. The first-order valence-corrected chi connectivity index (χ1v) is 8.96. The first kappa shape index (κ1) is 18.2. The highest BCUT2D eigenvalue weighted by Crippen LogP contribution is 2.40. The van der Waals surface area contributed by atoms with Gasteiger partial charge in [0.1, 0.15) is 0 Å². The lowest BCUT2D eigenvalue weighted by Gasteiger charge is -2.47. The van der Waals surface area contributed by atoms with Gasteiger partial charge in [0.25, 0.3) is 0 Å². The molecule has 1 spiro atoms. The van der Waals surface area contributed by atoms with E-state index < -0.39 is 6.03 Å². The van der Waals surface area contributed by atoms with Crippen LogP contribution in [0.3, 0.4) is 0 Å². The molecule has 26 heavy (non-hydrogen) atoms. The number of carbonyl (C=O) groups excluding carboxylic acids is 3. The van der Waals surface area contributed by atoms with Gasteiger partial charge in [-0.2, -0.15) is 0 Å². The molecule has 1 aromatic heterocycles. The molecule has 8 heteroatoms. The van der Waals surface area contributed by atoms with E-state index in [0.29, 0.717) is 32.6 Å². The number of pyridine rings is 1. The van der Waals surface area contributed by atoms with Gasteiger partial charge in [-0.25, -0.2) is 4.79 Å². The number of aromatic nitrogens is 1. The average Bonchev–Trinajstić information content (AvgIpc) is 2.64. The molecule has 3 heterocycles. The van der Waals surface area contributed by atoms with Crippen molar-refractivity contribution in [2.24, 2.45) is 11.1 Å². The molecule has 2 saturated heterocycles. The number of hydrogen-bond donors (Lipinski definition) is 2. The minimum atomic E-state index is -0.692. The van der Waals surface area contributed by atoms with Gasteiger partial charge < -0.3 is 20.9 Å². The van der Waals surface area contributed by atoms with Gasteiger partial charge in [0.05, 0.1) is 18.8 Å². The summed E-state index contributed by atoms with van der Waals surface area (Å²) in [5.41, 5.74) is 5.97. The van der Waals surface area contributed by atoms with E-state index in [-0.39, 0.29) is 23.8 Å². The maximum Gasteiger partial charge on any atom is 0.312 e. The number of nitrogens with zero attached hydrogens (tertiary/aromatic N) is 3. The van der Waals surface area contributed by atoms with Gasteiger partial charge in [0.15, 0.2) is 0 Å². The predicted molar refractivity (Wildman–Crippen MR) is 94.7 cm³/mol. The Labute approximate surface area is 152 Å². The molecule has 8 nitrogen and oxygen atoms in total. The molecule has 0 bridgehead atoms. The van der Waals surface area contributed by atoms with Crippen LogP contribution < -0.4 is 11.1 Å². The number of nitrogens with one attached hydrogen (secondary N) is 1. The van der Waals surface area contributed by atoms with E-state index in [0.717, 1.165) is 25.0 Å². The Morgan fingerprint density at radius 1 is 1.23 bits per heavy atom. The van der Waals surface area contributed by atoms with Gasteiger partial charge in [-0.15, -0.1) is 0 Å². The predicted octanol–water partition coefficient (Wildman–Crippen LogP) is 0.481. The van der Waals surface area contributed by atoms with Crippen molar-refractivity contribution in [3.05, 3.63) is 30.1 Å². The zero-order valence-corrected chi connectivity index (χ0v) is 14.8. The monoisotopic (exact) mass is 359 g/mol.